The van der Waals surface area contributed by atoms with Crippen molar-refractivity contribution in [3.05, 3.63) is 69.4 Å². The van der Waals surface area contributed by atoms with Crippen LogP contribution in [-0.2, 0) is 6.18 Å². The molecular formula is C14H11BrF4N2. The highest BCUT2D eigenvalue weighted by molar-refractivity contribution is 9.10. The molecule has 7 heteroatoms. The molecule has 2 nitrogen and oxygen atoms in total. The molecule has 1 unspecified atom stereocenters. The maximum atomic E-state index is 13.3. The number of nitrogens with one attached hydrogen (secondary N) is 1. The van der Waals surface area contributed by atoms with Crippen LogP contribution in [0.1, 0.15) is 22.7 Å². The highest BCUT2D eigenvalue weighted by Gasteiger charge is 2.34. The Balaban J connectivity index is 2.46. The highest BCUT2D eigenvalue weighted by Crippen LogP contribution is 2.34. The van der Waals surface area contributed by atoms with Crippen molar-refractivity contribution in [3.8, 4) is 0 Å². The third-order valence-corrected chi connectivity index (χ3v) is 3.53. The molecule has 112 valence electrons. The van der Waals surface area contributed by atoms with Crippen molar-refractivity contribution < 1.29 is 17.6 Å². The van der Waals surface area contributed by atoms with Crippen molar-refractivity contribution in [1.82, 2.24) is 5.43 Å². The predicted molar refractivity (Wildman–Crippen MR) is 74.7 cm³/mol. The summed E-state index contributed by atoms with van der Waals surface area (Å²) in [5, 5.41) is 0. The molecule has 1 atom stereocenters. The fourth-order valence-corrected chi connectivity index (χ4v) is 2.24. The van der Waals surface area contributed by atoms with Gasteiger partial charge in [0.15, 0.2) is 0 Å². The molecule has 2 rings (SSSR count). The van der Waals surface area contributed by atoms with E-state index in [0.717, 1.165) is 16.6 Å². The van der Waals surface area contributed by atoms with Gasteiger partial charge in [-0.15, -0.1) is 0 Å². The minimum absolute atomic E-state index is 0.230. The number of hydrogen-bond donors (Lipinski definition) is 2. The Kier molecular flexibility index (Phi) is 4.65. The zero-order chi connectivity index (χ0) is 15.6. The van der Waals surface area contributed by atoms with Crippen LogP contribution in [0, 0.1) is 5.82 Å². The molecule has 3 N–H and O–H groups in total. The number of nitrogens with two attached hydrogens (primary N) is 1. The van der Waals surface area contributed by atoms with Crippen LogP contribution in [0.15, 0.2) is 46.9 Å². The van der Waals surface area contributed by atoms with E-state index in [1.807, 2.05) is 0 Å². The minimum atomic E-state index is -4.75. The molecule has 0 aliphatic rings. The molecule has 2 aromatic rings. The Hall–Kier alpha value is -1.44. The summed E-state index contributed by atoms with van der Waals surface area (Å²) in [6, 6.07) is 9.08. The first-order valence-electron chi connectivity index (χ1n) is 5.91. The Labute approximate surface area is 127 Å². The predicted octanol–water partition coefficient (Wildman–Crippen LogP) is 4.16. The van der Waals surface area contributed by atoms with Crippen molar-refractivity contribution in [1.29, 1.82) is 0 Å². The Morgan fingerprint density at radius 3 is 2.10 bits per heavy atom. The Bertz CT molecular complexity index is 626. The summed E-state index contributed by atoms with van der Waals surface area (Å²) < 4.78 is 52.4. The fourth-order valence-electron chi connectivity index (χ4n) is 1.98. The molecule has 0 heterocycles. The quantitative estimate of drug-likeness (QED) is 0.488. The molecule has 0 saturated carbocycles. The second-order valence-electron chi connectivity index (χ2n) is 4.39. The van der Waals surface area contributed by atoms with Crippen LogP contribution >= 0.6 is 15.9 Å². The van der Waals surface area contributed by atoms with Gasteiger partial charge in [0.1, 0.15) is 5.82 Å². The molecule has 21 heavy (non-hydrogen) atoms. The van der Waals surface area contributed by atoms with E-state index in [0.29, 0.717) is 5.56 Å². The van der Waals surface area contributed by atoms with Crippen LogP contribution in [-0.4, -0.2) is 0 Å². The van der Waals surface area contributed by atoms with Crippen molar-refractivity contribution >= 4 is 15.9 Å². The van der Waals surface area contributed by atoms with E-state index < -0.39 is 23.6 Å². The van der Waals surface area contributed by atoms with E-state index in [-0.39, 0.29) is 5.56 Å². The minimum Gasteiger partial charge on any atom is -0.271 e. The topological polar surface area (TPSA) is 38.0 Å². The zero-order valence-corrected chi connectivity index (χ0v) is 12.2. The van der Waals surface area contributed by atoms with Gasteiger partial charge in [0.05, 0.1) is 11.6 Å². The summed E-state index contributed by atoms with van der Waals surface area (Å²) in [6.45, 7) is 0. The number of hydrazine groups is 1. The lowest BCUT2D eigenvalue weighted by Crippen LogP contribution is -2.29. The van der Waals surface area contributed by atoms with Gasteiger partial charge in [-0.05, 0) is 35.4 Å². The summed E-state index contributed by atoms with van der Waals surface area (Å²) >= 11 is 3.27. The SMILES string of the molecule is NNC(c1ccc(Br)cc1)c1ccc(F)c(C(F)(F)F)c1. The molecule has 0 fully saturated rings. The van der Waals surface area contributed by atoms with Crippen LogP contribution < -0.4 is 11.3 Å². The molecule has 0 amide bonds. The third kappa shape index (κ3) is 3.61. The summed E-state index contributed by atoms with van der Waals surface area (Å²) in [7, 11) is 0. The van der Waals surface area contributed by atoms with Crippen molar-refractivity contribution in [2.75, 3.05) is 0 Å². The molecule has 0 bridgehead atoms. The maximum absolute atomic E-state index is 13.3. The number of alkyl halides is 3. The molecule has 0 radical (unpaired) electrons. The van der Waals surface area contributed by atoms with Gasteiger partial charge in [-0.25, -0.2) is 9.82 Å². The maximum Gasteiger partial charge on any atom is 0.419 e. The number of benzene rings is 2. The number of hydrogen-bond acceptors (Lipinski definition) is 2. The number of halogens is 5. The molecule has 0 aromatic heterocycles. The average Bonchev–Trinajstić information content (AvgIpc) is 2.42. The zero-order valence-electron chi connectivity index (χ0n) is 10.6. The van der Waals surface area contributed by atoms with Gasteiger partial charge in [-0.1, -0.05) is 34.1 Å². The monoisotopic (exact) mass is 362 g/mol. The van der Waals surface area contributed by atoms with Crippen molar-refractivity contribution in [3.63, 3.8) is 0 Å². The van der Waals surface area contributed by atoms with E-state index in [2.05, 4.69) is 21.4 Å². The van der Waals surface area contributed by atoms with Gasteiger partial charge in [0, 0.05) is 4.47 Å². The summed E-state index contributed by atoms with van der Waals surface area (Å²) in [5.41, 5.74) is 2.04. The van der Waals surface area contributed by atoms with Gasteiger partial charge in [-0.2, -0.15) is 13.2 Å². The first kappa shape index (κ1) is 15.9. The van der Waals surface area contributed by atoms with E-state index in [1.165, 1.54) is 6.07 Å². The standard InChI is InChI=1S/C14H11BrF4N2/c15-10-4-1-8(2-5-10)13(21-20)9-3-6-12(16)11(7-9)14(17,18)19/h1-7,13,21H,20H2. The Morgan fingerprint density at radius 1 is 1.00 bits per heavy atom. The van der Waals surface area contributed by atoms with Gasteiger partial charge in [0.25, 0.3) is 0 Å². The van der Waals surface area contributed by atoms with E-state index in [9.17, 15) is 17.6 Å². The first-order chi connectivity index (χ1) is 9.82. The summed E-state index contributed by atoms with van der Waals surface area (Å²) in [6.07, 6.45) is -4.75. The van der Waals surface area contributed by atoms with E-state index >= 15 is 0 Å². The van der Waals surface area contributed by atoms with Crippen molar-refractivity contribution in [2.45, 2.75) is 12.2 Å². The Morgan fingerprint density at radius 2 is 1.57 bits per heavy atom. The smallest absolute Gasteiger partial charge is 0.271 e. The van der Waals surface area contributed by atoms with Crippen LogP contribution in [0.2, 0.25) is 0 Å². The van der Waals surface area contributed by atoms with Crippen LogP contribution in [0.5, 0.6) is 0 Å². The lowest BCUT2D eigenvalue weighted by atomic mass is 9.97. The molecule has 0 aliphatic heterocycles. The highest BCUT2D eigenvalue weighted by atomic mass is 79.9. The van der Waals surface area contributed by atoms with E-state index in [1.54, 1.807) is 24.3 Å². The molecule has 0 spiro atoms. The molecule has 2 aromatic carbocycles. The van der Waals surface area contributed by atoms with Crippen LogP contribution in [0.4, 0.5) is 17.6 Å². The van der Waals surface area contributed by atoms with Gasteiger partial charge >= 0.3 is 6.18 Å². The summed E-state index contributed by atoms with van der Waals surface area (Å²) in [5.74, 6) is 4.13. The lowest BCUT2D eigenvalue weighted by Gasteiger charge is -2.19. The average molecular weight is 363 g/mol. The molecule has 0 aliphatic carbocycles. The second kappa shape index (κ2) is 6.13. The van der Waals surface area contributed by atoms with Crippen molar-refractivity contribution in [2.24, 2.45) is 5.84 Å². The van der Waals surface area contributed by atoms with Crippen LogP contribution in [0.25, 0.3) is 0 Å². The second-order valence-corrected chi connectivity index (χ2v) is 5.30. The van der Waals surface area contributed by atoms with Gasteiger partial charge in [0.2, 0.25) is 0 Å². The lowest BCUT2D eigenvalue weighted by molar-refractivity contribution is -0.140. The fraction of sp³-hybridized carbons (Fsp3) is 0.143. The first-order valence-corrected chi connectivity index (χ1v) is 6.70. The largest absolute Gasteiger partial charge is 0.419 e. The van der Waals surface area contributed by atoms with Crippen LogP contribution in [0.3, 0.4) is 0 Å². The summed E-state index contributed by atoms with van der Waals surface area (Å²) in [4.78, 5) is 0. The normalized spacial score (nSPS) is 13.2. The third-order valence-electron chi connectivity index (χ3n) is 3.00. The van der Waals surface area contributed by atoms with Gasteiger partial charge in [-0.3, -0.25) is 5.84 Å². The number of rotatable bonds is 3. The van der Waals surface area contributed by atoms with Gasteiger partial charge < -0.3 is 0 Å². The van der Waals surface area contributed by atoms with E-state index in [4.69, 9.17) is 5.84 Å². The molecule has 0 saturated heterocycles. The molecular weight excluding hydrogens is 352 g/mol.